The molecule has 0 fully saturated rings. The third kappa shape index (κ3) is 4.74. The van der Waals surface area contributed by atoms with Gasteiger partial charge in [-0.25, -0.2) is 5.43 Å². The summed E-state index contributed by atoms with van der Waals surface area (Å²) in [7, 11) is 0. The first-order valence-electron chi connectivity index (χ1n) is 7.53. The number of phenolic OH excluding ortho intramolecular Hbond substituents is 2. The van der Waals surface area contributed by atoms with Crippen LogP contribution >= 0.6 is 0 Å². The molecule has 2 aromatic rings. The monoisotopic (exact) mass is 328 g/mol. The summed E-state index contributed by atoms with van der Waals surface area (Å²) in [6, 6.07) is 11.6. The third-order valence-corrected chi connectivity index (χ3v) is 3.31. The molecule has 0 aliphatic rings. The van der Waals surface area contributed by atoms with E-state index in [1.54, 1.807) is 0 Å². The number of nitrogens with zero attached hydrogens (tertiary/aromatic N) is 1. The summed E-state index contributed by atoms with van der Waals surface area (Å²) in [5.74, 6) is 0.367. The van der Waals surface area contributed by atoms with Crippen molar-refractivity contribution in [2.75, 3.05) is 6.61 Å². The van der Waals surface area contributed by atoms with Gasteiger partial charge < -0.3 is 14.9 Å². The maximum absolute atomic E-state index is 11.8. The van der Waals surface area contributed by atoms with E-state index in [4.69, 9.17) is 4.74 Å². The number of hydrogen-bond donors (Lipinski definition) is 3. The zero-order chi connectivity index (χ0) is 17.5. The molecule has 0 unspecified atom stereocenters. The van der Waals surface area contributed by atoms with Crippen molar-refractivity contribution >= 4 is 12.1 Å². The Morgan fingerprint density at radius 1 is 1.25 bits per heavy atom. The van der Waals surface area contributed by atoms with Crippen molar-refractivity contribution in [3.8, 4) is 17.2 Å². The molecule has 0 atom stereocenters. The van der Waals surface area contributed by atoms with Gasteiger partial charge in [0.25, 0.3) is 5.91 Å². The van der Waals surface area contributed by atoms with E-state index in [0.29, 0.717) is 17.2 Å². The minimum atomic E-state index is -0.414. The summed E-state index contributed by atoms with van der Waals surface area (Å²) in [5, 5.41) is 22.6. The number of aromatic hydroxyl groups is 2. The smallest absolute Gasteiger partial charge is 0.277 e. The number of carbonyl (C=O) groups excluding carboxylic acids is 1. The lowest BCUT2D eigenvalue weighted by molar-refractivity contribution is -0.123. The van der Waals surface area contributed by atoms with Crippen LogP contribution in [0.25, 0.3) is 0 Å². The molecule has 2 rings (SSSR count). The molecule has 6 heteroatoms. The van der Waals surface area contributed by atoms with Crippen molar-refractivity contribution in [3.63, 3.8) is 0 Å². The number of nitrogens with one attached hydrogen (secondary N) is 1. The van der Waals surface area contributed by atoms with Crippen LogP contribution in [0.3, 0.4) is 0 Å². The average Bonchev–Trinajstić information content (AvgIpc) is 2.55. The molecule has 0 aromatic heterocycles. The van der Waals surface area contributed by atoms with Gasteiger partial charge in [-0.3, -0.25) is 4.79 Å². The number of ether oxygens (including phenoxy) is 1. The van der Waals surface area contributed by atoms with E-state index in [0.717, 1.165) is 5.56 Å². The van der Waals surface area contributed by atoms with E-state index in [1.807, 2.05) is 24.3 Å². The Bertz CT molecular complexity index is 742. The van der Waals surface area contributed by atoms with Crippen molar-refractivity contribution in [3.05, 3.63) is 53.6 Å². The lowest BCUT2D eigenvalue weighted by Crippen LogP contribution is -2.24. The molecule has 0 saturated heterocycles. The molecule has 0 radical (unpaired) electrons. The van der Waals surface area contributed by atoms with Crippen LogP contribution in [-0.4, -0.2) is 28.9 Å². The van der Waals surface area contributed by atoms with E-state index in [2.05, 4.69) is 24.4 Å². The molecule has 0 aliphatic heterocycles. The highest BCUT2D eigenvalue weighted by molar-refractivity contribution is 5.85. The fourth-order valence-electron chi connectivity index (χ4n) is 2.08. The Morgan fingerprint density at radius 3 is 2.71 bits per heavy atom. The average molecular weight is 328 g/mol. The van der Waals surface area contributed by atoms with Crippen molar-refractivity contribution in [1.82, 2.24) is 5.43 Å². The second-order valence-corrected chi connectivity index (χ2v) is 5.52. The van der Waals surface area contributed by atoms with Crippen LogP contribution in [0, 0.1) is 0 Å². The molecule has 2 aromatic carbocycles. The maximum atomic E-state index is 11.8. The lowest BCUT2D eigenvalue weighted by atomic mass is 10.0. The quantitative estimate of drug-likeness (QED) is 0.562. The van der Waals surface area contributed by atoms with Crippen molar-refractivity contribution in [2.24, 2.45) is 5.10 Å². The van der Waals surface area contributed by atoms with Gasteiger partial charge in [-0.05, 0) is 29.7 Å². The van der Waals surface area contributed by atoms with E-state index in [-0.39, 0.29) is 18.1 Å². The van der Waals surface area contributed by atoms with Crippen LogP contribution in [0.15, 0.2) is 47.6 Å². The highest BCUT2D eigenvalue weighted by atomic mass is 16.5. The second-order valence-electron chi connectivity index (χ2n) is 5.52. The zero-order valence-electron chi connectivity index (χ0n) is 13.6. The molecule has 3 N–H and O–H groups in total. The Balaban J connectivity index is 1.89. The number of hydrogen-bond acceptors (Lipinski definition) is 5. The first-order valence-corrected chi connectivity index (χ1v) is 7.53. The first kappa shape index (κ1) is 17.3. The summed E-state index contributed by atoms with van der Waals surface area (Å²) < 4.78 is 5.53. The summed E-state index contributed by atoms with van der Waals surface area (Å²) in [6.45, 7) is 3.94. The van der Waals surface area contributed by atoms with Crippen LogP contribution in [0.4, 0.5) is 0 Å². The van der Waals surface area contributed by atoms with Gasteiger partial charge >= 0.3 is 0 Å². The molecular formula is C18H20N2O4. The molecule has 0 spiro atoms. The maximum Gasteiger partial charge on any atom is 0.277 e. The van der Waals surface area contributed by atoms with Gasteiger partial charge in [-0.2, -0.15) is 5.10 Å². The molecule has 126 valence electrons. The molecule has 0 aliphatic carbocycles. The molecule has 6 nitrogen and oxygen atoms in total. The standard InChI is InChI=1S/C18H20N2O4/c1-12(2)15-5-3-4-6-17(15)24-11-18(23)20-19-10-13-7-8-14(21)9-16(13)22/h3-10,12,21-22H,11H2,1-2H3,(H,20,23)/b19-10+. The van der Waals surface area contributed by atoms with E-state index in [9.17, 15) is 15.0 Å². The van der Waals surface area contributed by atoms with Crippen LogP contribution in [-0.2, 0) is 4.79 Å². The minimum Gasteiger partial charge on any atom is -0.508 e. The zero-order valence-corrected chi connectivity index (χ0v) is 13.6. The predicted octanol–water partition coefficient (Wildman–Crippen LogP) is 2.75. The highest BCUT2D eigenvalue weighted by Crippen LogP contribution is 2.25. The summed E-state index contributed by atoms with van der Waals surface area (Å²) in [5.41, 5.74) is 3.73. The number of para-hydroxylation sites is 1. The number of amides is 1. The Hall–Kier alpha value is -3.02. The summed E-state index contributed by atoms with van der Waals surface area (Å²) in [4.78, 5) is 11.8. The molecule has 1 amide bonds. The Labute approximate surface area is 140 Å². The summed E-state index contributed by atoms with van der Waals surface area (Å²) in [6.07, 6.45) is 1.29. The molecular weight excluding hydrogens is 308 g/mol. The molecule has 0 bridgehead atoms. The molecule has 0 heterocycles. The number of carbonyl (C=O) groups is 1. The Morgan fingerprint density at radius 2 is 2.00 bits per heavy atom. The van der Waals surface area contributed by atoms with Gasteiger partial charge in [0.1, 0.15) is 17.2 Å². The van der Waals surface area contributed by atoms with E-state index < -0.39 is 5.91 Å². The number of rotatable bonds is 6. The number of phenols is 2. The topological polar surface area (TPSA) is 91.2 Å². The number of hydrazone groups is 1. The normalized spacial score (nSPS) is 11.0. The molecule has 24 heavy (non-hydrogen) atoms. The largest absolute Gasteiger partial charge is 0.508 e. The second kappa shape index (κ2) is 8.01. The van der Waals surface area contributed by atoms with E-state index in [1.165, 1.54) is 24.4 Å². The van der Waals surface area contributed by atoms with Crippen LogP contribution in [0.1, 0.15) is 30.9 Å². The van der Waals surface area contributed by atoms with Gasteiger partial charge in [0, 0.05) is 11.6 Å². The summed E-state index contributed by atoms with van der Waals surface area (Å²) >= 11 is 0. The van der Waals surface area contributed by atoms with Crippen molar-refractivity contribution in [2.45, 2.75) is 19.8 Å². The van der Waals surface area contributed by atoms with Crippen LogP contribution in [0.2, 0.25) is 0 Å². The first-order chi connectivity index (χ1) is 11.5. The van der Waals surface area contributed by atoms with Crippen LogP contribution < -0.4 is 10.2 Å². The van der Waals surface area contributed by atoms with Crippen molar-refractivity contribution < 1.29 is 19.7 Å². The van der Waals surface area contributed by atoms with Crippen LogP contribution in [0.5, 0.6) is 17.2 Å². The van der Waals surface area contributed by atoms with Gasteiger partial charge in [-0.15, -0.1) is 0 Å². The minimum absolute atomic E-state index is 0.0501. The fraction of sp³-hybridized carbons (Fsp3) is 0.222. The lowest BCUT2D eigenvalue weighted by Gasteiger charge is -2.12. The predicted molar refractivity (Wildman–Crippen MR) is 91.5 cm³/mol. The highest BCUT2D eigenvalue weighted by Gasteiger charge is 2.08. The van der Waals surface area contributed by atoms with Crippen molar-refractivity contribution in [1.29, 1.82) is 0 Å². The van der Waals surface area contributed by atoms with Gasteiger partial charge in [0.15, 0.2) is 6.61 Å². The SMILES string of the molecule is CC(C)c1ccccc1OCC(=O)N/N=C/c1ccc(O)cc1O. The van der Waals surface area contributed by atoms with Gasteiger partial charge in [0.05, 0.1) is 6.21 Å². The van der Waals surface area contributed by atoms with Gasteiger partial charge in [-0.1, -0.05) is 32.0 Å². The molecule has 0 saturated carbocycles. The third-order valence-electron chi connectivity index (χ3n) is 3.31. The fourth-order valence-corrected chi connectivity index (χ4v) is 2.08. The van der Waals surface area contributed by atoms with Gasteiger partial charge in [0.2, 0.25) is 0 Å². The Kier molecular flexibility index (Phi) is 5.78. The van der Waals surface area contributed by atoms with E-state index >= 15 is 0 Å². The number of benzene rings is 2.